The van der Waals surface area contributed by atoms with E-state index < -0.39 is 0 Å². The van der Waals surface area contributed by atoms with Gasteiger partial charge in [-0.1, -0.05) is 43.3 Å². The van der Waals surface area contributed by atoms with Crippen LogP contribution in [0.4, 0.5) is 0 Å². The zero-order valence-corrected chi connectivity index (χ0v) is 16.0. The minimum absolute atomic E-state index is 0.0532. The lowest BCUT2D eigenvalue weighted by Crippen LogP contribution is -2.30. The second-order valence-corrected chi connectivity index (χ2v) is 6.79. The second-order valence-electron chi connectivity index (χ2n) is 6.79. The first-order valence-electron chi connectivity index (χ1n) is 9.56. The molecule has 6 heteroatoms. The van der Waals surface area contributed by atoms with E-state index in [1.54, 1.807) is 6.07 Å². The lowest BCUT2D eigenvalue weighted by Gasteiger charge is -2.26. The number of nitrogens with zero attached hydrogens (tertiary/aromatic N) is 2. The van der Waals surface area contributed by atoms with Crippen molar-refractivity contribution >= 4 is 5.91 Å². The molecule has 2 aromatic carbocycles. The van der Waals surface area contributed by atoms with E-state index in [-0.39, 0.29) is 17.7 Å². The van der Waals surface area contributed by atoms with E-state index in [0.717, 1.165) is 28.8 Å². The van der Waals surface area contributed by atoms with Crippen molar-refractivity contribution in [1.82, 2.24) is 15.1 Å². The number of aromatic hydroxyl groups is 1. The summed E-state index contributed by atoms with van der Waals surface area (Å²) in [5.74, 6) is 0.456. The van der Waals surface area contributed by atoms with Gasteiger partial charge in [-0.05, 0) is 31.0 Å². The SMILES string of the molecule is CCCN1C(=O)c2[nH]nc(-c3ccccc3)c2[C@H]1c1ccc(O)c(OCC)c1. The molecule has 1 aromatic heterocycles. The minimum Gasteiger partial charge on any atom is -0.504 e. The fourth-order valence-corrected chi connectivity index (χ4v) is 3.80. The Balaban J connectivity index is 1.88. The van der Waals surface area contributed by atoms with Crippen LogP contribution in [0.1, 0.15) is 47.9 Å². The van der Waals surface area contributed by atoms with Gasteiger partial charge in [-0.2, -0.15) is 5.10 Å². The van der Waals surface area contributed by atoms with Gasteiger partial charge >= 0.3 is 0 Å². The Morgan fingerprint density at radius 1 is 1.18 bits per heavy atom. The molecule has 4 rings (SSSR count). The summed E-state index contributed by atoms with van der Waals surface area (Å²) in [4.78, 5) is 14.9. The van der Waals surface area contributed by atoms with Gasteiger partial charge in [-0.25, -0.2) is 0 Å². The molecule has 144 valence electrons. The molecule has 0 spiro atoms. The molecule has 2 heterocycles. The third kappa shape index (κ3) is 2.91. The molecular weight excluding hydrogens is 354 g/mol. The maximum Gasteiger partial charge on any atom is 0.273 e. The number of hydrogen-bond acceptors (Lipinski definition) is 4. The van der Waals surface area contributed by atoms with Crippen molar-refractivity contribution < 1.29 is 14.6 Å². The predicted molar refractivity (Wildman–Crippen MR) is 106 cm³/mol. The molecule has 28 heavy (non-hydrogen) atoms. The molecule has 0 unspecified atom stereocenters. The zero-order chi connectivity index (χ0) is 19.7. The number of aromatic nitrogens is 2. The van der Waals surface area contributed by atoms with Gasteiger partial charge in [-0.15, -0.1) is 0 Å². The highest BCUT2D eigenvalue weighted by Gasteiger charge is 2.41. The highest BCUT2D eigenvalue weighted by Crippen LogP contribution is 2.44. The van der Waals surface area contributed by atoms with Gasteiger partial charge < -0.3 is 14.7 Å². The summed E-state index contributed by atoms with van der Waals surface area (Å²) in [6.07, 6.45) is 0.844. The molecule has 1 atom stereocenters. The van der Waals surface area contributed by atoms with Gasteiger partial charge in [0.15, 0.2) is 11.5 Å². The Morgan fingerprint density at radius 3 is 2.68 bits per heavy atom. The summed E-state index contributed by atoms with van der Waals surface area (Å²) >= 11 is 0. The first kappa shape index (κ1) is 18.1. The number of H-pyrrole nitrogens is 1. The van der Waals surface area contributed by atoms with Gasteiger partial charge in [0, 0.05) is 17.7 Å². The smallest absolute Gasteiger partial charge is 0.273 e. The molecule has 0 bridgehead atoms. The molecule has 0 aliphatic carbocycles. The second kappa shape index (κ2) is 7.38. The number of aromatic amines is 1. The van der Waals surface area contributed by atoms with Crippen molar-refractivity contribution in [3.63, 3.8) is 0 Å². The van der Waals surface area contributed by atoms with E-state index in [0.29, 0.717) is 24.6 Å². The number of rotatable bonds is 6. The average molecular weight is 377 g/mol. The molecule has 0 saturated heterocycles. The number of phenolic OH excluding ortho intramolecular Hbond substituents is 1. The Hall–Kier alpha value is -3.28. The van der Waals surface area contributed by atoms with Gasteiger partial charge in [0.2, 0.25) is 0 Å². The molecule has 2 N–H and O–H groups in total. The van der Waals surface area contributed by atoms with Crippen molar-refractivity contribution in [2.75, 3.05) is 13.2 Å². The van der Waals surface area contributed by atoms with Crippen LogP contribution in [0.25, 0.3) is 11.3 Å². The molecule has 3 aromatic rings. The van der Waals surface area contributed by atoms with Crippen LogP contribution in [0.3, 0.4) is 0 Å². The number of phenols is 1. The summed E-state index contributed by atoms with van der Waals surface area (Å²) in [7, 11) is 0. The summed E-state index contributed by atoms with van der Waals surface area (Å²) in [6, 6.07) is 14.8. The molecule has 0 saturated carbocycles. The van der Waals surface area contributed by atoms with E-state index in [1.807, 2.05) is 54.3 Å². The third-order valence-electron chi connectivity index (χ3n) is 4.97. The predicted octanol–water partition coefficient (Wildman–Crippen LogP) is 4.14. The summed E-state index contributed by atoms with van der Waals surface area (Å²) in [6.45, 7) is 5.00. The van der Waals surface area contributed by atoms with Crippen molar-refractivity contribution in [3.05, 3.63) is 65.4 Å². The van der Waals surface area contributed by atoms with Crippen molar-refractivity contribution in [1.29, 1.82) is 0 Å². The maximum absolute atomic E-state index is 13.1. The van der Waals surface area contributed by atoms with Gasteiger partial charge in [0.25, 0.3) is 5.91 Å². The fraction of sp³-hybridized carbons (Fsp3) is 0.273. The molecular formula is C22H23N3O3. The van der Waals surface area contributed by atoms with Crippen LogP contribution in [0, 0.1) is 0 Å². The highest BCUT2D eigenvalue weighted by molar-refractivity contribution is 6.00. The van der Waals surface area contributed by atoms with E-state index in [1.165, 1.54) is 0 Å². The first-order chi connectivity index (χ1) is 13.7. The van der Waals surface area contributed by atoms with Gasteiger partial charge in [0.05, 0.1) is 18.3 Å². The van der Waals surface area contributed by atoms with Crippen LogP contribution in [0.15, 0.2) is 48.5 Å². The van der Waals surface area contributed by atoms with Crippen LogP contribution >= 0.6 is 0 Å². The monoisotopic (exact) mass is 377 g/mol. The number of carbonyl (C=O) groups is 1. The highest BCUT2D eigenvalue weighted by atomic mass is 16.5. The van der Waals surface area contributed by atoms with Crippen LogP contribution < -0.4 is 4.74 Å². The van der Waals surface area contributed by atoms with Gasteiger partial charge in [0.1, 0.15) is 5.69 Å². The molecule has 1 aliphatic rings. The fourth-order valence-electron chi connectivity index (χ4n) is 3.80. The van der Waals surface area contributed by atoms with Crippen LogP contribution in [-0.4, -0.2) is 39.3 Å². The number of carbonyl (C=O) groups excluding carboxylic acids is 1. The van der Waals surface area contributed by atoms with Crippen LogP contribution in [-0.2, 0) is 0 Å². The Kier molecular flexibility index (Phi) is 4.77. The van der Waals surface area contributed by atoms with E-state index >= 15 is 0 Å². The number of benzene rings is 2. The molecule has 6 nitrogen and oxygen atoms in total. The topological polar surface area (TPSA) is 78.5 Å². The van der Waals surface area contributed by atoms with Crippen LogP contribution in [0.2, 0.25) is 0 Å². The normalized spacial score (nSPS) is 15.7. The maximum atomic E-state index is 13.1. The largest absolute Gasteiger partial charge is 0.504 e. The lowest BCUT2D eigenvalue weighted by atomic mass is 9.95. The number of amides is 1. The lowest BCUT2D eigenvalue weighted by molar-refractivity contribution is 0.0743. The van der Waals surface area contributed by atoms with Crippen molar-refractivity contribution in [2.45, 2.75) is 26.3 Å². The number of fused-ring (bicyclic) bond motifs is 1. The summed E-state index contributed by atoms with van der Waals surface area (Å²) in [5.41, 5.74) is 4.03. The Morgan fingerprint density at radius 2 is 1.96 bits per heavy atom. The molecule has 0 radical (unpaired) electrons. The van der Waals surface area contributed by atoms with Crippen LogP contribution in [0.5, 0.6) is 11.5 Å². The third-order valence-corrected chi connectivity index (χ3v) is 4.97. The Bertz CT molecular complexity index is 998. The van der Waals surface area contributed by atoms with E-state index in [9.17, 15) is 9.90 Å². The molecule has 1 aliphatic heterocycles. The van der Waals surface area contributed by atoms with E-state index in [2.05, 4.69) is 17.1 Å². The quantitative estimate of drug-likeness (QED) is 0.677. The van der Waals surface area contributed by atoms with Gasteiger partial charge in [-0.3, -0.25) is 9.89 Å². The standard InChI is InChI=1S/C22H23N3O3/c1-3-12-25-21(15-10-11-16(26)17(13-15)28-4-2)18-19(14-8-6-5-7-9-14)23-24-20(18)22(25)27/h5-11,13,21,26H,3-4,12H2,1-2H3,(H,23,24)/t21-/m1/s1. The molecule has 0 fully saturated rings. The molecule has 1 amide bonds. The first-order valence-corrected chi connectivity index (χ1v) is 9.56. The van der Waals surface area contributed by atoms with Crippen molar-refractivity contribution in [3.8, 4) is 22.8 Å². The Labute approximate surface area is 163 Å². The number of ether oxygens (including phenoxy) is 1. The van der Waals surface area contributed by atoms with E-state index in [4.69, 9.17) is 4.74 Å². The average Bonchev–Trinajstić information content (AvgIpc) is 3.25. The minimum atomic E-state index is -0.281. The van der Waals surface area contributed by atoms with Crippen molar-refractivity contribution in [2.24, 2.45) is 0 Å². The summed E-state index contributed by atoms with van der Waals surface area (Å²) < 4.78 is 5.57. The summed E-state index contributed by atoms with van der Waals surface area (Å²) in [5, 5.41) is 17.5. The number of hydrogen-bond donors (Lipinski definition) is 2. The zero-order valence-electron chi connectivity index (χ0n) is 16.0. The number of nitrogens with one attached hydrogen (secondary N) is 1.